The molecule has 0 N–H and O–H groups in total. The smallest absolute Gasteiger partial charge is 0.0830 e. The molecule has 16 heavy (non-hydrogen) atoms. The van der Waals surface area contributed by atoms with Gasteiger partial charge in [-0.1, -0.05) is 39.3 Å². The Kier molecular flexibility index (Phi) is 3.72. The maximum atomic E-state index is 4.13. The summed E-state index contributed by atoms with van der Waals surface area (Å²) in [4.78, 5) is 0. The van der Waals surface area contributed by atoms with E-state index in [0.29, 0.717) is 0 Å². The van der Waals surface area contributed by atoms with Gasteiger partial charge in [0.25, 0.3) is 0 Å². The normalized spacial score (nSPS) is 10.6. The Morgan fingerprint density at radius 3 is 2.75 bits per heavy atom. The lowest BCUT2D eigenvalue weighted by atomic mass is 10.1. The van der Waals surface area contributed by atoms with Crippen molar-refractivity contribution < 1.29 is 0 Å². The highest BCUT2D eigenvalue weighted by molar-refractivity contribution is 9.10. The number of hydrogen-bond donors (Lipinski definition) is 0. The van der Waals surface area contributed by atoms with E-state index in [1.807, 2.05) is 16.9 Å². The third-order valence-electron chi connectivity index (χ3n) is 2.52. The van der Waals surface area contributed by atoms with Gasteiger partial charge in [-0.15, -0.1) is 5.10 Å². The molecule has 4 heteroatoms. The van der Waals surface area contributed by atoms with Gasteiger partial charge in [0.1, 0.15) is 0 Å². The minimum Gasteiger partial charge on any atom is -0.253 e. The third kappa shape index (κ3) is 2.70. The van der Waals surface area contributed by atoms with E-state index in [1.165, 1.54) is 5.56 Å². The summed E-state index contributed by atoms with van der Waals surface area (Å²) < 4.78 is 3.02. The Bertz CT molecular complexity index is 465. The summed E-state index contributed by atoms with van der Waals surface area (Å²) in [5.74, 6) is 0. The van der Waals surface area contributed by atoms with E-state index in [4.69, 9.17) is 0 Å². The predicted octanol–water partition coefficient (Wildman–Crippen LogP) is 2.85. The van der Waals surface area contributed by atoms with Crippen LogP contribution in [0.1, 0.15) is 18.2 Å². The fourth-order valence-electron chi connectivity index (χ4n) is 1.57. The Hall–Kier alpha value is -1.16. The lowest BCUT2D eigenvalue weighted by Crippen LogP contribution is -1.93. The molecule has 3 nitrogen and oxygen atoms in total. The first-order valence-electron chi connectivity index (χ1n) is 5.42. The van der Waals surface area contributed by atoms with Crippen molar-refractivity contribution in [1.82, 2.24) is 15.0 Å². The highest BCUT2D eigenvalue weighted by Crippen LogP contribution is 2.17. The minimum absolute atomic E-state index is 0.877. The summed E-state index contributed by atoms with van der Waals surface area (Å²) in [5, 5.41) is 8.15. The van der Waals surface area contributed by atoms with Crippen LogP contribution >= 0.6 is 15.9 Å². The summed E-state index contributed by atoms with van der Waals surface area (Å²) in [6.07, 6.45) is 3.93. The molecule has 0 saturated heterocycles. The third-order valence-corrected chi connectivity index (χ3v) is 3.29. The molecule has 0 aliphatic heterocycles. The molecule has 0 aliphatic carbocycles. The van der Waals surface area contributed by atoms with E-state index in [9.17, 15) is 0 Å². The first-order chi connectivity index (χ1) is 7.79. The molecule has 1 aromatic heterocycles. The Morgan fingerprint density at radius 2 is 2.06 bits per heavy atom. The Morgan fingerprint density at radius 1 is 1.25 bits per heavy atom. The van der Waals surface area contributed by atoms with Crippen molar-refractivity contribution >= 4 is 15.9 Å². The molecular formula is C12H14BrN3. The molecule has 0 fully saturated rings. The van der Waals surface area contributed by atoms with Gasteiger partial charge in [0.2, 0.25) is 0 Å². The number of aryl methyl sites for hydroxylation is 3. The molecule has 2 rings (SSSR count). The van der Waals surface area contributed by atoms with Crippen LogP contribution in [0.2, 0.25) is 0 Å². The van der Waals surface area contributed by atoms with Crippen molar-refractivity contribution in [3.63, 3.8) is 0 Å². The van der Waals surface area contributed by atoms with Crippen LogP contribution in [-0.4, -0.2) is 15.0 Å². The molecule has 2 aromatic rings. The summed E-state index contributed by atoms with van der Waals surface area (Å²) in [7, 11) is 0. The van der Waals surface area contributed by atoms with Crippen molar-refractivity contribution in [3.8, 4) is 0 Å². The number of nitrogens with zero attached hydrogens (tertiary/aromatic N) is 3. The maximum Gasteiger partial charge on any atom is 0.0830 e. The predicted molar refractivity (Wildman–Crippen MR) is 67.2 cm³/mol. The van der Waals surface area contributed by atoms with Crippen molar-refractivity contribution in [2.75, 3.05) is 0 Å². The van der Waals surface area contributed by atoms with Crippen LogP contribution in [0.15, 0.2) is 34.9 Å². The highest BCUT2D eigenvalue weighted by Gasteiger charge is 2.02. The monoisotopic (exact) mass is 279 g/mol. The van der Waals surface area contributed by atoms with Crippen LogP contribution < -0.4 is 0 Å². The molecule has 0 spiro atoms. The molecule has 1 heterocycles. The maximum absolute atomic E-state index is 4.13. The van der Waals surface area contributed by atoms with Crippen LogP contribution in [0.25, 0.3) is 0 Å². The van der Waals surface area contributed by atoms with Crippen molar-refractivity contribution in [2.24, 2.45) is 0 Å². The van der Waals surface area contributed by atoms with E-state index in [1.54, 1.807) is 0 Å². The second-order valence-electron chi connectivity index (χ2n) is 3.66. The number of aromatic nitrogens is 3. The Labute approximate surface area is 104 Å². The van der Waals surface area contributed by atoms with Crippen LogP contribution in [0, 0.1) is 0 Å². The van der Waals surface area contributed by atoms with Crippen molar-refractivity contribution in [2.45, 2.75) is 26.3 Å². The molecule has 0 aliphatic rings. The van der Waals surface area contributed by atoms with Gasteiger partial charge >= 0.3 is 0 Å². The molecular weight excluding hydrogens is 266 g/mol. The zero-order valence-corrected chi connectivity index (χ0v) is 10.8. The number of hydrogen-bond acceptors (Lipinski definition) is 2. The van der Waals surface area contributed by atoms with Gasteiger partial charge in [0.15, 0.2) is 0 Å². The van der Waals surface area contributed by atoms with E-state index in [0.717, 1.165) is 29.6 Å². The number of benzene rings is 1. The van der Waals surface area contributed by atoms with Gasteiger partial charge in [-0.2, -0.15) is 0 Å². The lowest BCUT2D eigenvalue weighted by Gasteiger charge is -2.01. The standard InChI is InChI=1S/C12H14BrN3/c1-2-16-9-11(14-15-16)8-7-10-5-3-4-6-12(10)13/h3-6,9H,2,7-8H2,1H3. The van der Waals surface area contributed by atoms with Gasteiger partial charge < -0.3 is 0 Å². The molecule has 0 saturated carbocycles. The largest absolute Gasteiger partial charge is 0.253 e. The average molecular weight is 280 g/mol. The van der Waals surface area contributed by atoms with Gasteiger partial charge in [0.05, 0.1) is 5.69 Å². The second-order valence-corrected chi connectivity index (χ2v) is 4.51. The van der Waals surface area contributed by atoms with E-state index < -0.39 is 0 Å². The minimum atomic E-state index is 0.877. The zero-order valence-electron chi connectivity index (χ0n) is 9.23. The van der Waals surface area contributed by atoms with Crippen LogP contribution in [-0.2, 0) is 19.4 Å². The summed E-state index contributed by atoms with van der Waals surface area (Å²) in [6.45, 7) is 2.94. The fourth-order valence-corrected chi connectivity index (χ4v) is 2.05. The lowest BCUT2D eigenvalue weighted by molar-refractivity contribution is 0.626. The summed E-state index contributed by atoms with van der Waals surface area (Å²) in [6, 6.07) is 8.29. The summed E-state index contributed by atoms with van der Waals surface area (Å²) in [5.41, 5.74) is 2.37. The van der Waals surface area contributed by atoms with Crippen molar-refractivity contribution in [1.29, 1.82) is 0 Å². The fraction of sp³-hybridized carbons (Fsp3) is 0.333. The first-order valence-corrected chi connectivity index (χ1v) is 6.21. The quantitative estimate of drug-likeness (QED) is 0.862. The van der Waals surface area contributed by atoms with Crippen molar-refractivity contribution in [3.05, 3.63) is 46.2 Å². The second kappa shape index (κ2) is 5.25. The molecule has 0 radical (unpaired) electrons. The molecule has 0 bridgehead atoms. The SMILES string of the molecule is CCn1cc(CCc2ccccc2Br)nn1. The van der Waals surface area contributed by atoms with E-state index in [2.05, 4.69) is 51.4 Å². The topological polar surface area (TPSA) is 30.7 Å². The van der Waals surface area contributed by atoms with Crippen LogP contribution in [0.3, 0.4) is 0 Å². The average Bonchev–Trinajstić information content (AvgIpc) is 2.76. The highest BCUT2D eigenvalue weighted by atomic mass is 79.9. The van der Waals surface area contributed by atoms with Gasteiger partial charge in [-0.25, -0.2) is 0 Å². The van der Waals surface area contributed by atoms with Crippen LogP contribution in [0.5, 0.6) is 0 Å². The zero-order chi connectivity index (χ0) is 11.4. The van der Waals surface area contributed by atoms with E-state index in [-0.39, 0.29) is 0 Å². The summed E-state index contributed by atoms with van der Waals surface area (Å²) >= 11 is 3.55. The first kappa shape index (κ1) is 11.3. The van der Waals surface area contributed by atoms with Gasteiger partial charge in [0, 0.05) is 17.2 Å². The molecule has 0 atom stereocenters. The molecule has 84 valence electrons. The molecule has 1 aromatic carbocycles. The number of halogens is 1. The van der Waals surface area contributed by atoms with E-state index >= 15 is 0 Å². The van der Waals surface area contributed by atoms with Gasteiger partial charge in [-0.3, -0.25) is 4.68 Å². The Balaban J connectivity index is 1.99. The van der Waals surface area contributed by atoms with Crippen LogP contribution in [0.4, 0.5) is 0 Å². The molecule has 0 amide bonds. The van der Waals surface area contributed by atoms with Gasteiger partial charge in [-0.05, 0) is 31.4 Å². The number of rotatable bonds is 4. The molecule has 0 unspecified atom stereocenters.